The van der Waals surface area contributed by atoms with E-state index < -0.39 is 0 Å². The van der Waals surface area contributed by atoms with Crippen LogP contribution in [0.25, 0.3) is 0 Å². The molecule has 0 radical (unpaired) electrons. The van der Waals surface area contributed by atoms with Gasteiger partial charge >= 0.3 is 0 Å². The fraction of sp³-hybridized carbons (Fsp3) is 0.429. The molecule has 2 aromatic rings. The summed E-state index contributed by atoms with van der Waals surface area (Å²) in [5, 5.41) is 0. The fourth-order valence-corrected chi connectivity index (χ4v) is 5.00. The second-order valence-electron chi connectivity index (χ2n) is 7.21. The number of fused-ring (bicyclic) bond motifs is 2. The number of nitrogens with zero attached hydrogens (tertiary/aromatic N) is 1. The van der Waals surface area contributed by atoms with Crippen LogP contribution in [0.15, 0.2) is 40.9 Å². The third-order valence-electron chi connectivity index (χ3n) is 5.83. The number of methoxy groups -OCH3 is 1. The van der Waals surface area contributed by atoms with Crippen LogP contribution in [0, 0.1) is 5.82 Å². The standard InChI is InChI=1S/C21H23BrFNO/c1-25-17-7-5-15(6-8-17)13-24-14-18-19(11-16(22)12-20(18)23)21(24)9-3-2-4-10-21/h5-8,11-12H,2-4,9-10,13-14H2,1H3. The molecule has 0 amide bonds. The molecule has 1 saturated carbocycles. The van der Waals surface area contributed by atoms with E-state index in [0.717, 1.165) is 35.2 Å². The molecule has 0 aromatic heterocycles. The average molecular weight is 404 g/mol. The second-order valence-corrected chi connectivity index (χ2v) is 8.13. The van der Waals surface area contributed by atoms with E-state index in [-0.39, 0.29) is 11.4 Å². The van der Waals surface area contributed by atoms with Crippen molar-refractivity contribution in [3.63, 3.8) is 0 Å². The minimum Gasteiger partial charge on any atom is -0.497 e. The number of benzene rings is 2. The summed E-state index contributed by atoms with van der Waals surface area (Å²) in [4.78, 5) is 2.49. The molecule has 1 fully saturated rings. The number of hydrogen-bond acceptors (Lipinski definition) is 2. The summed E-state index contributed by atoms with van der Waals surface area (Å²) in [6.45, 7) is 1.54. The van der Waals surface area contributed by atoms with Crippen LogP contribution >= 0.6 is 15.9 Å². The first-order valence-corrected chi connectivity index (χ1v) is 9.78. The van der Waals surface area contributed by atoms with Gasteiger partial charge in [-0.2, -0.15) is 0 Å². The normalized spacial score (nSPS) is 19.2. The van der Waals surface area contributed by atoms with Gasteiger partial charge in [0.15, 0.2) is 0 Å². The van der Waals surface area contributed by atoms with Crippen molar-refractivity contribution in [2.75, 3.05) is 7.11 Å². The molecule has 1 heterocycles. The highest BCUT2D eigenvalue weighted by Gasteiger charge is 2.46. The van der Waals surface area contributed by atoms with Gasteiger partial charge in [0.25, 0.3) is 0 Å². The summed E-state index contributed by atoms with van der Waals surface area (Å²) in [5.41, 5.74) is 3.32. The summed E-state index contributed by atoms with van der Waals surface area (Å²) in [7, 11) is 1.68. The molecule has 0 saturated heterocycles. The molecule has 2 nitrogen and oxygen atoms in total. The average Bonchev–Trinajstić information content (AvgIpc) is 2.90. The van der Waals surface area contributed by atoms with Crippen molar-refractivity contribution in [2.24, 2.45) is 0 Å². The third kappa shape index (κ3) is 3.00. The first-order valence-electron chi connectivity index (χ1n) is 8.99. The first-order chi connectivity index (χ1) is 12.1. The van der Waals surface area contributed by atoms with Gasteiger partial charge in [0.1, 0.15) is 11.6 Å². The van der Waals surface area contributed by atoms with Crippen molar-refractivity contribution in [3.05, 3.63) is 63.4 Å². The Bertz CT molecular complexity index is 768. The molecule has 2 aromatic carbocycles. The Morgan fingerprint density at radius 2 is 1.84 bits per heavy atom. The Labute approximate surface area is 157 Å². The highest BCUT2D eigenvalue weighted by Crippen LogP contribution is 2.50. The van der Waals surface area contributed by atoms with Crippen LogP contribution in [0.2, 0.25) is 0 Å². The molecule has 1 spiro atoms. The van der Waals surface area contributed by atoms with Gasteiger partial charge in [0, 0.05) is 28.7 Å². The molecular formula is C21H23BrFNO. The van der Waals surface area contributed by atoms with Gasteiger partial charge in [-0.1, -0.05) is 47.3 Å². The highest BCUT2D eigenvalue weighted by molar-refractivity contribution is 9.10. The van der Waals surface area contributed by atoms with Crippen molar-refractivity contribution < 1.29 is 9.13 Å². The van der Waals surface area contributed by atoms with Crippen LogP contribution in [-0.2, 0) is 18.6 Å². The van der Waals surface area contributed by atoms with Gasteiger partial charge in [0.2, 0.25) is 0 Å². The maximum absolute atomic E-state index is 14.6. The van der Waals surface area contributed by atoms with Gasteiger partial charge in [-0.3, -0.25) is 4.90 Å². The molecule has 1 aliphatic carbocycles. The molecule has 25 heavy (non-hydrogen) atoms. The van der Waals surface area contributed by atoms with Gasteiger partial charge in [0.05, 0.1) is 7.11 Å². The lowest BCUT2D eigenvalue weighted by atomic mass is 9.76. The van der Waals surface area contributed by atoms with Crippen molar-refractivity contribution in [3.8, 4) is 5.75 Å². The lowest BCUT2D eigenvalue weighted by molar-refractivity contribution is 0.0536. The molecule has 0 atom stereocenters. The molecular weight excluding hydrogens is 381 g/mol. The highest BCUT2D eigenvalue weighted by atomic mass is 79.9. The summed E-state index contributed by atoms with van der Waals surface area (Å²) in [6, 6.07) is 12.0. The van der Waals surface area contributed by atoms with Crippen molar-refractivity contribution in [1.82, 2.24) is 4.90 Å². The van der Waals surface area contributed by atoms with Crippen LogP contribution in [0.3, 0.4) is 0 Å². The van der Waals surface area contributed by atoms with Crippen molar-refractivity contribution >= 4 is 15.9 Å². The Hall–Kier alpha value is -1.39. The maximum Gasteiger partial charge on any atom is 0.129 e. The molecule has 132 valence electrons. The molecule has 4 heteroatoms. The molecule has 2 aliphatic rings. The predicted octanol–water partition coefficient (Wildman–Crippen LogP) is 5.77. The zero-order valence-corrected chi connectivity index (χ0v) is 16.1. The third-order valence-corrected chi connectivity index (χ3v) is 6.29. The Morgan fingerprint density at radius 1 is 1.12 bits per heavy atom. The lowest BCUT2D eigenvalue weighted by Crippen LogP contribution is -2.42. The van der Waals surface area contributed by atoms with Crippen LogP contribution < -0.4 is 4.74 Å². The van der Waals surface area contributed by atoms with Gasteiger partial charge < -0.3 is 4.74 Å². The summed E-state index contributed by atoms with van der Waals surface area (Å²) < 4.78 is 20.7. The maximum atomic E-state index is 14.6. The van der Waals surface area contributed by atoms with Crippen molar-refractivity contribution in [1.29, 1.82) is 0 Å². The lowest BCUT2D eigenvalue weighted by Gasteiger charge is -2.42. The molecule has 0 unspecified atom stereocenters. The van der Waals surface area contributed by atoms with Gasteiger partial charge in [-0.05, 0) is 48.2 Å². The second kappa shape index (κ2) is 6.73. The predicted molar refractivity (Wildman–Crippen MR) is 101 cm³/mol. The van der Waals surface area contributed by atoms with E-state index >= 15 is 0 Å². The number of halogens is 2. The van der Waals surface area contributed by atoms with Crippen LogP contribution in [0.5, 0.6) is 5.75 Å². The topological polar surface area (TPSA) is 12.5 Å². The SMILES string of the molecule is COc1ccc(CN2Cc3c(F)cc(Br)cc3C23CCCCC3)cc1. The van der Waals surface area contributed by atoms with Crippen LogP contribution in [-0.4, -0.2) is 12.0 Å². The summed E-state index contributed by atoms with van der Waals surface area (Å²) in [5.74, 6) is 0.794. The van der Waals surface area contributed by atoms with Gasteiger partial charge in [-0.25, -0.2) is 4.39 Å². The van der Waals surface area contributed by atoms with Gasteiger partial charge in [-0.15, -0.1) is 0 Å². The molecule has 4 rings (SSSR count). The monoisotopic (exact) mass is 403 g/mol. The van der Waals surface area contributed by atoms with E-state index in [1.54, 1.807) is 13.2 Å². The fourth-order valence-electron chi connectivity index (χ4n) is 4.57. The minimum atomic E-state index is -0.0773. The van der Waals surface area contributed by atoms with E-state index in [1.165, 1.54) is 30.4 Å². The largest absolute Gasteiger partial charge is 0.497 e. The zero-order valence-electron chi connectivity index (χ0n) is 14.5. The Balaban J connectivity index is 1.70. The number of rotatable bonds is 3. The van der Waals surface area contributed by atoms with Crippen molar-refractivity contribution in [2.45, 2.75) is 50.7 Å². The zero-order chi connectivity index (χ0) is 17.4. The van der Waals surface area contributed by atoms with E-state index in [2.05, 4.69) is 39.0 Å². The quantitative estimate of drug-likeness (QED) is 0.644. The first kappa shape index (κ1) is 17.0. The van der Waals surface area contributed by atoms with E-state index in [0.29, 0.717) is 6.54 Å². The molecule has 0 N–H and O–H groups in total. The van der Waals surface area contributed by atoms with Crippen LogP contribution in [0.4, 0.5) is 4.39 Å². The summed E-state index contributed by atoms with van der Waals surface area (Å²) in [6.07, 6.45) is 5.95. The Kier molecular flexibility index (Phi) is 4.59. The van der Waals surface area contributed by atoms with E-state index in [4.69, 9.17) is 4.74 Å². The van der Waals surface area contributed by atoms with Crippen LogP contribution in [0.1, 0.15) is 48.8 Å². The smallest absolute Gasteiger partial charge is 0.129 e. The number of hydrogen-bond donors (Lipinski definition) is 0. The minimum absolute atomic E-state index is 0.0157. The molecule has 0 bridgehead atoms. The number of ether oxygens (including phenoxy) is 1. The molecule has 1 aliphatic heterocycles. The summed E-state index contributed by atoms with van der Waals surface area (Å²) >= 11 is 3.50. The Morgan fingerprint density at radius 3 is 2.52 bits per heavy atom. The van der Waals surface area contributed by atoms with E-state index in [9.17, 15) is 4.39 Å². The van der Waals surface area contributed by atoms with E-state index in [1.807, 2.05) is 12.1 Å².